The summed E-state index contributed by atoms with van der Waals surface area (Å²) >= 11 is 0. The van der Waals surface area contributed by atoms with E-state index in [-0.39, 0.29) is 5.04 Å². The zero-order valence-corrected chi connectivity index (χ0v) is 14.9. The fourth-order valence-corrected chi connectivity index (χ4v) is 2.78. The van der Waals surface area contributed by atoms with Gasteiger partial charge in [-0.1, -0.05) is 46.8 Å². The molecule has 0 saturated carbocycles. The van der Waals surface area contributed by atoms with Gasteiger partial charge < -0.3 is 4.43 Å². The highest BCUT2D eigenvalue weighted by molar-refractivity contribution is 6.74. The van der Waals surface area contributed by atoms with E-state index in [1.807, 2.05) is 6.07 Å². The van der Waals surface area contributed by atoms with Gasteiger partial charge in [0.2, 0.25) is 0 Å². The van der Waals surface area contributed by atoms with Crippen LogP contribution in [0.5, 0.6) is 0 Å². The van der Waals surface area contributed by atoms with Crippen LogP contribution in [-0.4, -0.2) is 14.6 Å². The standard InChI is InChI=1S/C17H28O2Si/c1-13(2)16-9-8-14(10-15(16)11-18)12-19-20(6,7)17(3,4)5/h8-11,13H,12H2,1-7H3. The second-order valence-electron chi connectivity index (χ2n) is 7.28. The summed E-state index contributed by atoms with van der Waals surface area (Å²) in [6.07, 6.45) is 0.950. The molecule has 0 aliphatic heterocycles. The van der Waals surface area contributed by atoms with Crippen molar-refractivity contribution < 1.29 is 9.22 Å². The summed E-state index contributed by atoms with van der Waals surface area (Å²) < 4.78 is 6.20. The summed E-state index contributed by atoms with van der Waals surface area (Å²) in [5.74, 6) is 0.366. The number of hydrogen-bond donors (Lipinski definition) is 0. The Balaban J connectivity index is 2.88. The second kappa shape index (κ2) is 6.23. The summed E-state index contributed by atoms with van der Waals surface area (Å²) in [5, 5.41) is 0.207. The Morgan fingerprint density at radius 1 is 1.25 bits per heavy atom. The molecule has 112 valence electrons. The maximum absolute atomic E-state index is 11.2. The number of aldehydes is 1. The van der Waals surface area contributed by atoms with Crippen molar-refractivity contribution in [3.05, 3.63) is 34.9 Å². The first-order valence-corrected chi connectivity index (χ1v) is 10.2. The molecule has 1 aromatic carbocycles. The van der Waals surface area contributed by atoms with E-state index in [2.05, 4.69) is 59.8 Å². The van der Waals surface area contributed by atoms with Crippen molar-refractivity contribution in [2.24, 2.45) is 0 Å². The summed E-state index contributed by atoms with van der Waals surface area (Å²) in [4.78, 5) is 11.2. The Kier molecular flexibility index (Phi) is 5.33. The van der Waals surface area contributed by atoms with Crippen LogP contribution in [0.25, 0.3) is 0 Å². The molecule has 0 aromatic heterocycles. The lowest BCUT2D eigenvalue weighted by Gasteiger charge is -2.36. The van der Waals surface area contributed by atoms with Gasteiger partial charge in [0.1, 0.15) is 6.29 Å². The van der Waals surface area contributed by atoms with Crippen LogP contribution in [-0.2, 0) is 11.0 Å². The van der Waals surface area contributed by atoms with E-state index in [0.29, 0.717) is 12.5 Å². The zero-order chi connectivity index (χ0) is 15.6. The fourth-order valence-electron chi connectivity index (χ4n) is 1.82. The van der Waals surface area contributed by atoms with E-state index >= 15 is 0 Å². The number of hydrogen-bond acceptors (Lipinski definition) is 2. The van der Waals surface area contributed by atoms with Gasteiger partial charge in [-0.05, 0) is 41.2 Å². The maximum atomic E-state index is 11.2. The van der Waals surface area contributed by atoms with Crippen LogP contribution in [0.2, 0.25) is 18.1 Å². The highest BCUT2D eigenvalue weighted by atomic mass is 28.4. The van der Waals surface area contributed by atoms with Gasteiger partial charge in [-0.25, -0.2) is 0 Å². The average Bonchev–Trinajstić information content (AvgIpc) is 2.34. The van der Waals surface area contributed by atoms with Crippen LogP contribution >= 0.6 is 0 Å². The highest BCUT2D eigenvalue weighted by Crippen LogP contribution is 2.37. The van der Waals surface area contributed by atoms with E-state index in [9.17, 15) is 4.79 Å². The Labute approximate surface area is 124 Å². The first kappa shape index (κ1) is 17.1. The lowest BCUT2D eigenvalue weighted by atomic mass is 9.96. The molecule has 0 aliphatic carbocycles. The Hall–Kier alpha value is -0.933. The first-order valence-electron chi connectivity index (χ1n) is 7.30. The van der Waals surface area contributed by atoms with Gasteiger partial charge in [-0.2, -0.15) is 0 Å². The third-order valence-electron chi connectivity index (χ3n) is 4.31. The zero-order valence-electron chi connectivity index (χ0n) is 13.9. The number of rotatable bonds is 5. The second-order valence-corrected chi connectivity index (χ2v) is 12.1. The molecular weight excluding hydrogens is 264 g/mol. The molecular formula is C17H28O2Si. The third-order valence-corrected chi connectivity index (χ3v) is 8.78. The first-order chi connectivity index (χ1) is 9.08. The van der Waals surface area contributed by atoms with Gasteiger partial charge in [-0.15, -0.1) is 0 Å². The Morgan fingerprint density at radius 2 is 1.85 bits per heavy atom. The largest absolute Gasteiger partial charge is 0.413 e. The van der Waals surface area contributed by atoms with E-state index < -0.39 is 8.32 Å². The molecule has 0 spiro atoms. The minimum absolute atomic E-state index is 0.207. The quantitative estimate of drug-likeness (QED) is 0.554. The van der Waals surface area contributed by atoms with Crippen molar-refractivity contribution in [3.8, 4) is 0 Å². The van der Waals surface area contributed by atoms with Crippen molar-refractivity contribution in [1.82, 2.24) is 0 Å². The molecule has 0 N–H and O–H groups in total. The van der Waals surface area contributed by atoms with Crippen molar-refractivity contribution >= 4 is 14.6 Å². The molecule has 0 bridgehead atoms. The summed E-state index contributed by atoms with van der Waals surface area (Å²) in [6.45, 7) is 16.0. The molecule has 0 amide bonds. The molecule has 0 radical (unpaired) electrons. The molecule has 3 heteroatoms. The topological polar surface area (TPSA) is 26.3 Å². The highest BCUT2D eigenvalue weighted by Gasteiger charge is 2.37. The lowest BCUT2D eigenvalue weighted by Crippen LogP contribution is -2.40. The number of carbonyl (C=O) groups is 1. The van der Waals surface area contributed by atoms with Crippen LogP contribution < -0.4 is 0 Å². The van der Waals surface area contributed by atoms with E-state index in [4.69, 9.17) is 4.43 Å². The summed E-state index contributed by atoms with van der Waals surface area (Å²) in [5.41, 5.74) is 2.98. The Bertz CT molecular complexity index is 470. The molecule has 1 rings (SSSR count). The van der Waals surface area contributed by atoms with Gasteiger partial charge in [0.25, 0.3) is 0 Å². The van der Waals surface area contributed by atoms with Crippen molar-refractivity contribution in [1.29, 1.82) is 0 Å². The van der Waals surface area contributed by atoms with Gasteiger partial charge in [0.05, 0.1) is 6.61 Å². The van der Waals surface area contributed by atoms with E-state index in [0.717, 1.165) is 23.0 Å². The maximum Gasteiger partial charge on any atom is 0.192 e. The SMILES string of the molecule is CC(C)c1ccc(CO[Si](C)(C)C(C)(C)C)cc1C=O. The monoisotopic (exact) mass is 292 g/mol. The molecule has 20 heavy (non-hydrogen) atoms. The van der Waals surface area contributed by atoms with Crippen LogP contribution in [0.1, 0.15) is 62.0 Å². The fraction of sp³-hybridized carbons (Fsp3) is 0.588. The minimum atomic E-state index is -1.74. The van der Waals surface area contributed by atoms with Gasteiger partial charge in [0.15, 0.2) is 8.32 Å². The van der Waals surface area contributed by atoms with Crippen molar-refractivity contribution in [2.45, 2.75) is 65.3 Å². The van der Waals surface area contributed by atoms with Crippen molar-refractivity contribution in [3.63, 3.8) is 0 Å². The molecule has 1 aromatic rings. The molecule has 0 heterocycles. The van der Waals surface area contributed by atoms with Crippen LogP contribution in [0.4, 0.5) is 0 Å². The van der Waals surface area contributed by atoms with Gasteiger partial charge in [0, 0.05) is 5.56 Å². The molecule has 0 fully saturated rings. The average molecular weight is 292 g/mol. The molecule has 0 atom stereocenters. The van der Waals surface area contributed by atoms with Crippen molar-refractivity contribution in [2.75, 3.05) is 0 Å². The van der Waals surface area contributed by atoms with E-state index in [1.165, 1.54) is 0 Å². The molecule has 2 nitrogen and oxygen atoms in total. The molecule has 0 saturated heterocycles. The van der Waals surface area contributed by atoms with Crippen LogP contribution in [0, 0.1) is 0 Å². The summed E-state index contributed by atoms with van der Waals surface area (Å²) in [6, 6.07) is 6.10. The predicted octanol–water partition coefficient (Wildman–Crippen LogP) is 5.14. The molecule has 0 unspecified atom stereocenters. The molecule has 0 aliphatic rings. The minimum Gasteiger partial charge on any atom is -0.413 e. The van der Waals surface area contributed by atoms with Crippen LogP contribution in [0.3, 0.4) is 0 Å². The lowest BCUT2D eigenvalue weighted by molar-refractivity contribution is 0.112. The normalized spacial score (nSPS) is 12.8. The van der Waals surface area contributed by atoms with Gasteiger partial charge in [-0.3, -0.25) is 4.79 Å². The van der Waals surface area contributed by atoms with Crippen LogP contribution in [0.15, 0.2) is 18.2 Å². The number of carbonyl (C=O) groups excluding carboxylic acids is 1. The Morgan fingerprint density at radius 3 is 2.30 bits per heavy atom. The smallest absolute Gasteiger partial charge is 0.192 e. The predicted molar refractivity (Wildman–Crippen MR) is 87.9 cm³/mol. The van der Waals surface area contributed by atoms with Gasteiger partial charge >= 0.3 is 0 Å². The number of benzene rings is 1. The van der Waals surface area contributed by atoms with E-state index in [1.54, 1.807) is 0 Å². The third kappa shape index (κ3) is 4.03. The summed E-state index contributed by atoms with van der Waals surface area (Å²) in [7, 11) is -1.74.